The van der Waals surface area contributed by atoms with E-state index in [0.717, 1.165) is 30.4 Å². The second-order valence-corrected chi connectivity index (χ2v) is 9.61. The first kappa shape index (κ1) is 16.6. The highest BCUT2D eigenvalue weighted by molar-refractivity contribution is 5.66. The van der Waals surface area contributed by atoms with E-state index in [1.165, 1.54) is 37.7 Å². The number of hydrogen-bond donors (Lipinski definition) is 0. The number of hydrogen-bond acceptors (Lipinski definition) is 4. The lowest BCUT2D eigenvalue weighted by atomic mass is 9.47. The van der Waals surface area contributed by atoms with Crippen LogP contribution < -0.4 is 0 Å². The van der Waals surface area contributed by atoms with Gasteiger partial charge in [-0.1, -0.05) is 24.6 Å². The molecule has 0 saturated heterocycles. The van der Waals surface area contributed by atoms with Gasteiger partial charge in [0.25, 0.3) is 0 Å². The molecular formula is C22H29NO3. The van der Waals surface area contributed by atoms with E-state index >= 15 is 0 Å². The van der Waals surface area contributed by atoms with Gasteiger partial charge in [-0.2, -0.15) is 0 Å². The molecule has 4 aliphatic rings. The maximum absolute atomic E-state index is 11.6. The molecule has 0 radical (unpaired) electrons. The van der Waals surface area contributed by atoms with Crippen LogP contribution in [0, 0.1) is 28.6 Å². The van der Waals surface area contributed by atoms with Crippen LogP contribution in [-0.2, 0) is 16.0 Å². The molecule has 0 unspecified atom stereocenters. The summed E-state index contributed by atoms with van der Waals surface area (Å²) in [5.41, 5.74) is 3.25. The summed E-state index contributed by atoms with van der Waals surface area (Å²) in [7, 11) is 0. The number of aromatic nitrogens is 1. The molecule has 0 bridgehead atoms. The molecule has 3 saturated carbocycles. The summed E-state index contributed by atoms with van der Waals surface area (Å²) in [5, 5.41) is 4.03. The monoisotopic (exact) mass is 355 g/mol. The third kappa shape index (κ3) is 2.13. The normalized spacial score (nSPS) is 43.6. The zero-order valence-electron chi connectivity index (χ0n) is 16.1. The van der Waals surface area contributed by atoms with Gasteiger partial charge in [0.2, 0.25) is 0 Å². The number of rotatable bonds is 1. The molecule has 6 atom stereocenters. The maximum atomic E-state index is 11.6. The van der Waals surface area contributed by atoms with E-state index < -0.39 is 0 Å². The number of ether oxygens (including phenoxy) is 1. The minimum atomic E-state index is -0.118. The fourth-order valence-corrected chi connectivity index (χ4v) is 7.23. The van der Waals surface area contributed by atoms with Crippen LogP contribution in [0.25, 0.3) is 6.08 Å². The molecule has 0 aliphatic heterocycles. The van der Waals surface area contributed by atoms with E-state index in [1.807, 2.05) is 6.20 Å². The second kappa shape index (κ2) is 5.46. The summed E-state index contributed by atoms with van der Waals surface area (Å²) in [5.74, 6) is 3.02. The molecule has 4 heteroatoms. The zero-order chi connectivity index (χ0) is 18.1. The van der Waals surface area contributed by atoms with Crippen molar-refractivity contribution in [1.29, 1.82) is 0 Å². The van der Waals surface area contributed by atoms with Gasteiger partial charge in [-0.15, -0.1) is 0 Å². The van der Waals surface area contributed by atoms with Gasteiger partial charge in [-0.05, 0) is 74.2 Å². The number of carbonyl (C=O) groups excluding carboxylic acids is 1. The third-order valence-electron chi connectivity index (χ3n) is 8.50. The van der Waals surface area contributed by atoms with Crippen molar-refractivity contribution >= 4 is 12.0 Å². The Balaban J connectivity index is 1.46. The highest BCUT2D eigenvalue weighted by Crippen LogP contribution is 2.65. The molecule has 1 heterocycles. The fraction of sp³-hybridized carbons (Fsp3) is 0.727. The Morgan fingerprint density at radius 2 is 2.08 bits per heavy atom. The molecule has 3 fully saturated rings. The zero-order valence-corrected chi connectivity index (χ0v) is 16.1. The van der Waals surface area contributed by atoms with Gasteiger partial charge >= 0.3 is 5.97 Å². The molecule has 1 aromatic heterocycles. The van der Waals surface area contributed by atoms with E-state index in [2.05, 4.69) is 25.1 Å². The first-order chi connectivity index (χ1) is 12.4. The van der Waals surface area contributed by atoms with Crippen LogP contribution in [-0.4, -0.2) is 17.2 Å². The standard InChI is InChI=1S/C22H29NO3/c1-13(24)25-20-7-6-17-16-5-4-15-10-19-14(12-23-26-19)11-22(15,3)18(16)8-9-21(17,20)2/h10,12,16-18,20H,4-9,11H2,1-3H3/t16-,17-,18-,20-,21-,22-/m0/s1. The Morgan fingerprint density at radius 3 is 2.88 bits per heavy atom. The Bertz CT molecular complexity index is 780. The van der Waals surface area contributed by atoms with Crippen molar-refractivity contribution in [2.24, 2.45) is 28.6 Å². The van der Waals surface area contributed by atoms with E-state index in [4.69, 9.17) is 9.26 Å². The number of carbonyl (C=O) groups is 1. The van der Waals surface area contributed by atoms with Gasteiger partial charge < -0.3 is 9.26 Å². The average molecular weight is 355 g/mol. The minimum absolute atomic E-state index is 0.117. The quantitative estimate of drug-likeness (QED) is 0.680. The lowest BCUT2D eigenvalue weighted by Crippen LogP contribution is -2.51. The SMILES string of the molecule is CC(=O)O[C@H]1CC[C@H]2[C@@H]3CCC4=Cc5oncc5C[C@]4(C)[C@H]3CC[C@]12C. The lowest BCUT2D eigenvalue weighted by molar-refractivity contribution is -0.157. The molecule has 26 heavy (non-hydrogen) atoms. The number of fused-ring (bicyclic) bond motifs is 6. The van der Waals surface area contributed by atoms with Gasteiger partial charge in [0, 0.05) is 17.9 Å². The van der Waals surface area contributed by atoms with Gasteiger partial charge in [0.15, 0.2) is 5.76 Å². The summed E-state index contributed by atoms with van der Waals surface area (Å²) in [6.45, 7) is 6.42. The van der Waals surface area contributed by atoms with E-state index in [-0.39, 0.29) is 22.9 Å². The highest BCUT2D eigenvalue weighted by atomic mass is 16.5. The molecule has 5 rings (SSSR count). The topological polar surface area (TPSA) is 52.3 Å². The Hall–Kier alpha value is -1.58. The molecule has 1 aromatic rings. The molecular weight excluding hydrogens is 326 g/mol. The molecule has 0 spiro atoms. The van der Waals surface area contributed by atoms with Crippen LogP contribution in [0.2, 0.25) is 0 Å². The van der Waals surface area contributed by atoms with Gasteiger partial charge in [0.05, 0.1) is 6.20 Å². The average Bonchev–Trinajstić information content (AvgIpc) is 3.16. The largest absolute Gasteiger partial charge is 0.462 e. The smallest absolute Gasteiger partial charge is 0.302 e. The summed E-state index contributed by atoms with van der Waals surface area (Å²) in [6.07, 6.45) is 12.5. The van der Waals surface area contributed by atoms with Crippen LogP contribution in [0.15, 0.2) is 16.3 Å². The van der Waals surface area contributed by atoms with Crippen LogP contribution in [0.1, 0.15) is 70.6 Å². The molecule has 140 valence electrons. The number of allylic oxidation sites excluding steroid dienone is 1. The molecule has 0 amide bonds. The van der Waals surface area contributed by atoms with Crippen LogP contribution in [0.5, 0.6) is 0 Å². The third-order valence-corrected chi connectivity index (χ3v) is 8.50. The van der Waals surface area contributed by atoms with Gasteiger partial charge in [-0.25, -0.2) is 0 Å². The predicted octanol–water partition coefficient (Wildman–Crippen LogP) is 4.79. The van der Waals surface area contributed by atoms with Crippen molar-refractivity contribution in [2.75, 3.05) is 0 Å². The molecule has 4 nitrogen and oxygen atoms in total. The fourth-order valence-electron chi connectivity index (χ4n) is 7.23. The molecule has 4 aliphatic carbocycles. The van der Waals surface area contributed by atoms with E-state index in [0.29, 0.717) is 5.92 Å². The summed E-state index contributed by atoms with van der Waals surface area (Å²) in [4.78, 5) is 11.6. The number of esters is 1. The summed E-state index contributed by atoms with van der Waals surface area (Å²) in [6, 6.07) is 0. The van der Waals surface area contributed by atoms with Crippen molar-refractivity contribution < 1.29 is 14.1 Å². The van der Waals surface area contributed by atoms with Crippen molar-refractivity contribution in [3.8, 4) is 0 Å². The number of nitrogens with zero attached hydrogens (tertiary/aromatic N) is 1. The highest BCUT2D eigenvalue weighted by Gasteiger charge is 2.60. The van der Waals surface area contributed by atoms with Gasteiger partial charge in [-0.3, -0.25) is 4.79 Å². The van der Waals surface area contributed by atoms with Gasteiger partial charge in [0.1, 0.15) is 6.10 Å². The maximum Gasteiger partial charge on any atom is 0.302 e. The van der Waals surface area contributed by atoms with E-state index in [1.54, 1.807) is 12.5 Å². The predicted molar refractivity (Wildman–Crippen MR) is 98.1 cm³/mol. The Kier molecular flexibility index (Phi) is 3.48. The minimum Gasteiger partial charge on any atom is -0.462 e. The van der Waals surface area contributed by atoms with E-state index in [9.17, 15) is 4.79 Å². The lowest BCUT2D eigenvalue weighted by Gasteiger charge is -2.57. The molecule has 0 aromatic carbocycles. The van der Waals surface area contributed by atoms with Crippen molar-refractivity contribution in [1.82, 2.24) is 5.16 Å². The van der Waals surface area contributed by atoms with Crippen LogP contribution in [0.3, 0.4) is 0 Å². The van der Waals surface area contributed by atoms with Crippen molar-refractivity contribution in [3.63, 3.8) is 0 Å². The second-order valence-electron chi connectivity index (χ2n) is 9.61. The van der Waals surface area contributed by atoms with Crippen LogP contribution in [0.4, 0.5) is 0 Å². The first-order valence-electron chi connectivity index (χ1n) is 10.2. The van der Waals surface area contributed by atoms with Crippen LogP contribution >= 0.6 is 0 Å². The summed E-state index contributed by atoms with van der Waals surface area (Å²) < 4.78 is 11.2. The Labute approximate surface area is 155 Å². The van der Waals surface area contributed by atoms with Crippen molar-refractivity contribution in [3.05, 3.63) is 23.1 Å². The first-order valence-corrected chi connectivity index (χ1v) is 10.2. The Morgan fingerprint density at radius 1 is 1.23 bits per heavy atom. The molecule has 0 N–H and O–H groups in total. The summed E-state index contributed by atoms with van der Waals surface area (Å²) >= 11 is 0. The van der Waals surface area contributed by atoms with Crippen molar-refractivity contribution in [2.45, 2.75) is 71.8 Å².